The number of carbonyl (C=O) groups excluding carboxylic acids is 1. The molecule has 0 saturated heterocycles. The van der Waals surface area contributed by atoms with E-state index in [1.165, 1.54) is 0 Å². The highest BCUT2D eigenvalue weighted by atomic mass is 16.5. The molecule has 0 bridgehead atoms. The number of carbonyl (C=O) groups is 2. The number of ether oxygens (including phenoxy) is 1. The first-order valence-electron chi connectivity index (χ1n) is 6.61. The molecule has 5 heteroatoms. The molecule has 1 rings (SSSR count). The Morgan fingerprint density at radius 2 is 1.90 bits per heavy atom. The van der Waals surface area contributed by atoms with Crippen molar-refractivity contribution in [3.63, 3.8) is 0 Å². The van der Waals surface area contributed by atoms with Gasteiger partial charge in [-0.05, 0) is 17.7 Å². The molecule has 1 unspecified atom stereocenters. The minimum atomic E-state index is -0.895. The Balaban J connectivity index is 2.77. The number of nitrogens with zero attached hydrogens (tertiary/aromatic N) is 1. The van der Waals surface area contributed by atoms with Crippen molar-refractivity contribution in [1.82, 2.24) is 4.90 Å². The first-order valence-corrected chi connectivity index (χ1v) is 6.61. The van der Waals surface area contributed by atoms with Crippen LogP contribution in [-0.4, -0.2) is 35.5 Å². The quantitative estimate of drug-likeness (QED) is 0.830. The summed E-state index contributed by atoms with van der Waals surface area (Å²) in [4.78, 5) is 24.4. The molecular formula is C15H21NO4. The number of benzene rings is 1. The van der Waals surface area contributed by atoms with Gasteiger partial charge in [0.1, 0.15) is 5.75 Å². The SMILES string of the molecule is CCC(=O)N(Cc1ccc(OC)cc1)CC(C)C(=O)O. The van der Waals surface area contributed by atoms with Crippen LogP contribution in [0, 0.1) is 5.92 Å². The molecule has 1 aromatic rings. The van der Waals surface area contributed by atoms with Crippen molar-refractivity contribution in [2.75, 3.05) is 13.7 Å². The summed E-state index contributed by atoms with van der Waals surface area (Å²) in [5.41, 5.74) is 0.949. The van der Waals surface area contributed by atoms with Gasteiger partial charge in [0.05, 0.1) is 13.0 Å². The van der Waals surface area contributed by atoms with E-state index in [-0.39, 0.29) is 12.5 Å². The van der Waals surface area contributed by atoms with E-state index in [4.69, 9.17) is 9.84 Å². The number of amides is 1. The van der Waals surface area contributed by atoms with E-state index in [2.05, 4.69) is 0 Å². The van der Waals surface area contributed by atoms with Crippen molar-refractivity contribution < 1.29 is 19.4 Å². The highest BCUT2D eigenvalue weighted by Gasteiger charge is 2.19. The van der Waals surface area contributed by atoms with Gasteiger partial charge < -0.3 is 14.7 Å². The average Bonchev–Trinajstić information content (AvgIpc) is 2.46. The van der Waals surface area contributed by atoms with Gasteiger partial charge >= 0.3 is 5.97 Å². The lowest BCUT2D eigenvalue weighted by atomic mass is 10.1. The summed E-state index contributed by atoms with van der Waals surface area (Å²) in [7, 11) is 1.59. The standard InChI is InChI=1S/C15H21NO4/c1-4-14(17)16(9-11(2)15(18)19)10-12-5-7-13(20-3)8-6-12/h5-8,11H,4,9-10H2,1-3H3,(H,18,19). The van der Waals surface area contributed by atoms with Crippen LogP contribution in [0.3, 0.4) is 0 Å². The van der Waals surface area contributed by atoms with Crippen molar-refractivity contribution >= 4 is 11.9 Å². The lowest BCUT2D eigenvalue weighted by Gasteiger charge is -2.24. The summed E-state index contributed by atoms with van der Waals surface area (Å²) in [5, 5.41) is 8.97. The monoisotopic (exact) mass is 279 g/mol. The zero-order valence-electron chi connectivity index (χ0n) is 12.1. The highest BCUT2D eigenvalue weighted by Crippen LogP contribution is 2.14. The van der Waals surface area contributed by atoms with Crippen molar-refractivity contribution in [3.05, 3.63) is 29.8 Å². The molecule has 1 atom stereocenters. The molecule has 1 N–H and O–H groups in total. The molecule has 0 fully saturated rings. The van der Waals surface area contributed by atoms with E-state index in [0.717, 1.165) is 11.3 Å². The van der Waals surface area contributed by atoms with Crippen LogP contribution in [0.5, 0.6) is 5.75 Å². The van der Waals surface area contributed by atoms with Gasteiger partial charge in [-0.1, -0.05) is 26.0 Å². The number of rotatable bonds is 7. The number of carboxylic acid groups (broad SMARTS) is 1. The molecule has 1 aromatic carbocycles. The van der Waals surface area contributed by atoms with Crippen molar-refractivity contribution in [2.45, 2.75) is 26.8 Å². The first kappa shape index (κ1) is 16.0. The average molecular weight is 279 g/mol. The largest absolute Gasteiger partial charge is 0.497 e. The summed E-state index contributed by atoms with van der Waals surface area (Å²) in [6, 6.07) is 7.40. The van der Waals surface area contributed by atoms with Crippen LogP contribution in [0.15, 0.2) is 24.3 Å². The van der Waals surface area contributed by atoms with Gasteiger partial charge in [-0.2, -0.15) is 0 Å². The Labute approximate surface area is 119 Å². The molecule has 5 nitrogen and oxygen atoms in total. The molecule has 0 aromatic heterocycles. The topological polar surface area (TPSA) is 66.8 Å². The Hall–Kier alpha value is -2.04. The third-order valence-corrected chi connectivity index (χ3v) is 3.10. The van der Waals surface area contributed by atoms with Gasteiger partial charge in [0, 0.05) is 19.5 Å². The Kier molecular flexibility index (Phi) is 6.03. The molecule has 20 heavy (non-hydrogen) atoms. The third kappa shape index (κ3) is 4.57. The Bertz CT molecular complexity index is 455. The van der Waals surface area contributed by atoms with Crippen LogP contribution in [0.4, 0.5) is 0 Å². The van der Waals surface area contributed by atoms with E-state index in [1.807, 2.05) is 24.3 Å². The third-order valence-electron chi connectivity index (χ3n) is 3.10. The van der Waals surface area contributed by atoms with Gasteiger partial charge in [0.15, 0.2) is 0 Å². The fourth-order valence-electron chi connectivity index (χ4n) is 1.84. The van der Waals surface area contributed by atoms with E-state index in [1.54, 1.807) is 25.9 Å². The van der Waals surface area contributed by atoms with Crippen LogP contribution in [-0.2, 0) is 16.1 Å². The van der Waals surface area contributed by atoms with Crippen LogP contribution < -0.4 is 4.74 Å². The minimum absolute atomic E-state index is 0.0473. The summed E-state index contributed by atoms with van der Waals surface area (Å²) in [6.45, 7) is 4.00. The number of hydrogen-bond donors (Lipinski definition) is 1. The van der Waals surface area contributed by atoms with Crippen molar-refractivity contribution in [2.24, 2.45) is 5.92 Å². The first-order chi connectivity index (χ1) is 9.47. The summed E-state index contributed by atoms with van der Waals surface area (Å²) in [6.07, 6.45) is 0.364. The summed E-state index contributed by atoms with van der Waals surface area (Å²) in [5.74, 6) is -0.771. The second-order valence-electron chi connectivity index (χ2n) is 4.72. The predicted molar refractivity (Wildman–Crippen MR) is 75.5 cm³/mol. The summed E-state index contributed by atoms with van der Waals surface area (Å²) < 4.78 is 5.08. The molecule has 0 spiro atoms. The Morgan fingerprint density at radius 1 is 1.30 bits per heavy atom. The number of carboxylic acids is 1. The normalized spacial score (nSPS) is 11.8. The highest BCUT2D eigenvalue weighted by molar-refractivity contribution is 5.77. The van der Waals surface area contributed by atoms with Gasteiger partial charge in [0.2, 0.25) is 5.91 Å². The minimum Gasteiger partial charge on any atom is -0.497 e. The second-order valence-corrected chi connectivity index (χ2v) is 4.72. The van der Waals surface area contributed by atoms with Crippen LogP contribution in [0.2, 0.25) is 0 Å². The molecule has 1 amide bonds. The Morgan fingerprint density at radius 3 is 2.35 bits per heavy atom. The fourth-order valence-corrected chi connectivity index (χ4v) is 1.84. The molecule has 0 radical (unpaired) electrons. The number of methoxy groups -OCH3 is 1. The van der Waals surface area contributed by atoms with E-state index in [0.29, 0.717) is 13.0 Å². The lowest BCUT2D eigenvalue weighted by Crippen LogP contribution is -2.36. The molecule has 0 aliphatic carbocycles. The van der Waals surface area contributed by atoms with Crippen molar-refractivity contribution in [1.29, 1.82) is 0 Å². The predicted octanol–water partition coefficient (Wildman–Crippen LogP) is 2.15. The number of aliphatic carboxylic acids is 1. The van der Waals surface area contributed by atoms with Crippen LogP contribution in [0.25, 0.3) is 0 Å². The molecule has 0 heterocycles. The number of hydrogen-bond acceptors (Lipinski definition) is 3. The van der Waals surface area contributed by atoms with E-state index in [9.17, 15) is 9.59 Å². The zero-order valence-corrected chi connectivity index (χ0v) is 12.1. The van der Waals surface area contributed by atoms with Gasteiger partial charge in [-0.3, -0.25) is 9.59 Å². The lowest BCUT2D eigenvalue weighted by molar-refractivity contribution is -0.143. The maximum atomic E-state index is 11.9. The molecule has 0 aliphatic rings. The van der Waals surface area contributed by atoms with E-state index >= 15 is 0 Å². The van der Waals surface area contributed by atoms with Gasteiger partial charge in [-0.15, -0.1) is 0 Å². The van der Waals surface area contributed by atoms with Crippen LogP contribution >= 0.6 is 0 Å². The maximum Gasteiger partial charge on any atom is 0.308 e. The molecular weight excluding hydrogens is 258 g/mol. The fraction of sp³-hybridized carbons (Fsp3) is 0.467. The van der Waals surface area contributed by atoms with E-state index < -0.39 is 11.9 Å². The van der Waals surface area contributed by atoms with Crippen LogP contribution in [0.1, 0.15) is 25.8 Å². The molecule has 110 valence electrons. The second kappa shape index (κ2) is 7.53. The maximum absolute atomic E-state index is 11.9. The van der Waals surface area contributed by atoms with Gasteiger partial charge in [-0.25, -0.2) is 0 Å². The van der Waals surface area contributed by atoms with Crippen molar-refractivity contribution in [3.8, 4) is 5.75 Å². The van der Waals surface area contributed by atoms with Gasteiger partial charge in [0.25, 0.3) is 0 Å². The molecule has 0 aliphatic heterocycles. The summed E-state index contributed by atoms with van der Waals surface area (Å²) >= 11 is 0. The molecule has 0 saturated carbocycles. The smallest absolute Gasteiger partial charge is 0.308 e. The zero-order chi connectivity index (χ0) is 15.1.